The Morgan fingerprint density at radius 1 is 0.698 bits per heavy atom. The summed E-state index contributed by atoms with van der Waals surface area (Å²) < 4.78 is 3.31. The molecule has 3 aromatic carbocycles. The van der Waals surface area contributed by atoms with Gasteiger partial charge in [0.1, 0.15) is 6.54 Å². The van der Waals surface area contributed by atoms with Gasteiger partial charge in [0.2, 0.25) is 5.71 Å². The Labute approximate surface area is 327 Å². The normalized spacial score (nSPS) is 13.9. The van der Waals surface area contributed by atoms with Gasteiger partial charge in [-0.1, -0.05) is 63.2 Å². The molecular weight excluding hydrogens is 669 g/mol. The summed E-state index contributed by atoms with van der Waals surface area (Å²) >= 11 is 2.11. The highest BCUT2D eigenvalue weighted by atomic mass is 32.2. The second kappa shape index (κ2) is 19.6. The molecule has 1 aliphatic rings. The zero-order valence-electron chi connectivity index (χ0n) is 34.7. The Morgan fingerprint density at radius 2 is 1.21 bits per heavy atom. The van der Waals surface area contributed by atoms with Crippen molar-refractivity contribution in [3.63, 3.8) is 0 Å². The van der Waals surface area contributed by atoms with Crippen LogP contribution in [0.15, 0.2) is 84.9 Å². The van der Waals surface area contributed by atoms with Crippen LogP contribution in [0.1, 0.15) is 103 Å². The van der Waals surface area contributed by atoms with Gasteiger partial charge in [0.25, 0.3) is 0 Å². The molecule has 0 saturated carbocycles. The minimum absolute atomic E-state index is 0.201. The maximum absolute atomic E-state index is 14.0. The van der Waals surface area contributed by atoms with Crippen LogP contribution >= 0.6 is 11.8 Å². The van der Waals surface area contributed by atoms with E-state index in [-0.39, 0.29) is 5.91 Å². The third kappa shape index (κ3) is 10.5. The van der Waals surface area contributed by atoms with E-state index in [1.165, 1.54) is 46.5 Å². The molecule has 0 heterocycles. The average molecular weight is 737 g/mol. The lowest BCUT2D eigenvalue weighted by molar-refractivity contribution is -0.888. The van der Waals surface area contributed by atoms with E-state index in [0.29, 0.717) is 17.7 Å². The number of rotatable bonds is 19. The summed E-state index contributed by atoms with van der Waals surface area (Å²) in [6.07, 6.45) is 8.27. The Kier molecular flexibility index (Phi) is 15.6. The lowest BCUT2D eigenvalue weighted by atomic mass is 9.83. The first-order valence-corrected chi connectivity index (χ1v) is 21.3. The van der Waals surface area contributed by atoms with Crippen LogP contribution in [0.25, 0.3) is 11.1 Å². The second-order valence-corrected chi connectivity index (χ2v) is 16.8. The number of hydrogen-bond acceptors (Lipinski definition) is 4. The van der Waals surface area contributed by atoms with Gasteiger partial charge < -0.3 is 14.3 Å². The molecule has 0 N–H and O–H groups in total. The number of amides is 1. The number of allylic oxidation sites excluding steroid dienone is 3. The Hall–Kier alpha value is -3.61. The highest BCUT2D eigenvalue weighted by Gasteiger charge is 2.29. The van der Waals surface area contributed by atoms with Crippen LogP contribution in [0.2, 0.25) is 0 Å². The molecule has 6 heteroatoms. The van der Waals surface area contributed by atoms with Gasteiger partial charge in [-0.2, -0.15) is 4.58 Å². The predicted molar refractivity (Wildman–Crippen MR) is 234 cm³/mol. The average Bonchev–Trinajstić information content (AvgIpc) is 3.17. The fourth-order valence-electron chi connectivity index (χ4n) is 7.45. The van der Waals surface area contributed by atoms with Crippen LogP contribution in [-0.4, -0.2) is 91.1 Å². The summed E-state index contributed by atoms with van der Waals surface area (Å²) in [5, 5.41) is 0. The number of quaternary nitrogens is 1. The summed E-state index contributed by atoms with van der Waals surface area (Å²) in [6, 6.07) is 26.8. The van der Waals surface area contributed by atoms with Gasteiger partial charge >= 0.3 is 5.91 Å². The van der Waals surface area contributed by atoms with Crippen molar-refractivity contribution in [2.75, 3.05) is 75.5 Å². The summed E-state index contributed by atoms with van der Waals surface area (Å²) in [7, 11) is 4.62. The zero-order valence-corrected chi connectivity index (χ0v) is 35.5. The minimum Gasteiger partial charge on any atom is -0.372 e. The van der Waals surface area contributed by atoms with Gasteiger partial charge in [-0.3, -0.25) is 0 Å². The molecule has 0 radical (unpaired) electrons. The molecular formula is C47H68N4OS+2. The molecule has 0 fully saturated rings. The smallest absolute Gasteiger partial charge is 0.372 e. The van der Waals surface area contributed by atoms with Crippen LogP contribution < -0.4 is 9.80 Å². The number of carbonyl (C=O) groups excluding carboxylic acids is 1. The molecule has 1 aliphatic carbocycles. The molecule has 0 aromatic heterocycles. The fourth-order valence-corrected chi connectivity index (χ4v) is 8.94. The molecule has 0 atom stereocenters. The van der Waals surface area contributed by atoms with Crippen LogP contribution in [0.3, 0.4) is 0 Å². The predicted octanol–water partition coefficient (Wildman–Crippen LogP) is 10.4. The summed E-state index contributed by atoms with van der Waals surface area (Å²) in [5.74, 6) is 1.35. The van der Waals surface area contributed by atoms with E-state index >= 15 is 0 Å². The van der Waals surface area contributed by atoms with Crippen molar-refractivity contribution >= 4 is 45.9 Å². The van der Waals surface area contributed by atoms with Crippen molar-refractivity contribution in [2.24, 2.45) is 0 Å². The third-order valence-corrected chi connectivity index (χ3v) is 13.1. The van der Waals surface area contributed by atoms with E-state index in [1.807, 2.05) is 4.58 Å². The summed E-state index contributed by atoms with van der Waals surface area (Å²) in [4.78, 5) is 18.7. The number of thioether (sulfide) groups is 1. The Bertz CT molecular complexity index is 1670. The molecule has 0 aliphatic heterocycles. The summed E-state index contributed by atoms with van der Waals surface area (Å²) in [6.45, 7) is 24.6. The maximum Gasteiger partial charge on any atom is 0.387 e. The van der Waals surface area contributed by atoms with Gasteiger partial charge in [0.05, 0.1) is 39.2 Å². The SMILES string of the molecule is CCN(CC)c1ccc(C(=C2C=CC(=[N+](CC)C(=O)CCC[N+](C)(C)CCSC(C)(CC)CC)c3ccccc32)c2ccc(N(CC)CC)cc2)cc1. The molecule has 3 aromatic rings. The molecule has 1 amide bonds. The molecule has 0 spiro atoms. The van der Waals surface area contributed by atoms with E-state index in [2.05, 4.69) is 176 Å². The maximum atomic E-state index is 14.0. The first-order chi connectivity index (χ1) is 25.5. The monoisotopic (exact) mass is 737 g/mol. The molecule has 0 unspecified atom stereocenters. The van der Waals surface area contributed by atoms with E-state index < -0.39 is 0 Å². The molecule has 4 rings (SSSR count). The lowest BCUT2D eigenvalue weighted by Crippen LogP contribution is -2.43. The Morgan fingerprint density at radius 3 is 1.68 bits per heavy atom. The molecule has 0 bridgehead atoms. The standard InChI is InChI=1S/C47H68N4OS/c1-11-47(8,12-2)53-36-35-51(9,10)34-20-23-45(52)50(17-7)44-33-32-43(41-21-18-19-22-42(41)44)46(37-24-28-39(29-25-37)48(13-3)14-4)38-26-30-40(31-27-38)49(15-5)16-6/h18-19,21-22,24-33H,11-17,20,23,34-36H2,1-10H3/q+2. The molecule has 286 valence electrons. The Balaban J connectivity index is 1.70. The van der Waals surface area contributed by atoms with E-state index in [0.717, 1.165) is 72.8 Å². The molecule has 53 heavy (non-hydrogen) atoms. The summed E-state index contributed by atoms with van der Waals surface area (Å²) in [5.41, 5.74) is 10.5. The number of carbonyl (C=O) groups is 1. The van der Waals surface area contributed by atoms with Crippen molar-refractivity contribution in [2.45, 2.75) is 85.8 Å². The van der Waals surface area contributed by atoms with Crippen molar-refractivity contribution in [3.05, 3.63) is 107 Å². The minimum atomic E-state index is 0.201. The van der Waals surface area contributed by atoms with E-state index in [1.54, 1.807) is 0 Å². The lowest BCUT2D eigenvalue weighted by Gasteiger charge is -2.32. The van der Waals surface area contributed by atoms with Gasteiger partial charge in [0, 0.05) is 60.6 Å². The van der Waals surface area contributed by atoms with Crippen LogP contribution in [0.5, 0.6) is 0 Å². The molecule has 5 nitrogen and oxygen atoms in total. The van der Waals surface area contributed by atoms with Crippen molar-refractivity contribution in [1.29, 1.82) is 0 Å². The van der Waals surface area contributed by atoms with Crippen LogP contribution in [0.4, 0.5) is 11.4 Å². The van der Waals surface area contributed by atoms with Gasteiger partial charge in [-0.15, -0.1) is 11.8 Å². The van der Waals surface area contributed by atoms with Crippen LogP contribution in [-0.2, 0) is 4.79 Å². The number of nitrogens with zero attached hydrogens (tertiary/aromatic N) is 4. The quantitative estimate of drug-likeness (QED) is 0.0904. The largest absolute Gasteiger partial charge is 0.387 e. The second-order valence-electron chi connectivity index (χ2n) is 15.1. The zero-order chi connectivity index (χ0) is 38.6. The third-order valence-electron chi connectivity index (χ3n) is 11.4. The van der Waals surface area contributed by atoms with Crippen molar-refractivity contribution in [3.8, 4) is 0 Å². The van der Waals surface area contributed by atoms with Gasteiger partial charge in [-0.05, 0) is 112 Å². The van der Waals surface area contributed by atoms with E-state index in [9.17, 15) is 4.79 Å². The molecule has 0 saturated heterocycles. The van der Waals surface area contributed by atoms with Crippen molar-refractivity contribution < 1.29 is 13.9 Å². The number of anilines is 2. The number of hydrogen-bond donors (Lipinski definition) is 0. The van der Waals surface area contributed by atoms with Crippen molar-refractivity contribution in [1.82, 2.24) is 0 Å². The first-order valence-electron chi connectivity index (χ1n) is 20.3. The number of fused-ring (bicyclic) bond motifs is 1. The van der Waals surface area contributed by atoms with Crippen LogP contribution in [0, 0.1) is 0 Å². The first kappa shape index (κ1) is 42.1. The van der Waals surface area contributed by atoms with Gasteiger partial charge in [0.15, 0.2) is 0 Å². The highest BCUT2D eigenvalue weighted by molar-refractivity contribution is 8.00. The highest BCUT2D eigenvalue weighted by Crippen LogP contribution is 2.38. The van der Waals surface area contributed by atoms with E-state index in [4.69, 9.17) is 0 Å². The number of benzene rings is 3. The fraction of sp³-hybridized carbons (Fsp3) is 0.489. The topological polar surface area (TPSA) is 26.6 Å². The van der Waals surface area contributed by atoms with Gasteiger partial charge in [-0.25, -0.2) is 4.79 Å².